The first-order chi connectivity index (χ1) is 13.7. The number of nitrogens with one attached hydrogen (secondary N) is 2. The molecular formula is C22H27N3O3. The summed E-state index contributed by atoms with van der Waals surface area (Å²) in [5, 5.41) is 6.18. The van der Waals surface area contributed by atoms with Crippen molar-refractivity contribution in [1.82, 2.24) is 4.98 Å². The number of methoxy groups -OCH3 is 2. The second-order valence-electron chi connectivity index (χ2n) is 6.74. The van der Waals surface area contributed by atoms with E-state index in [9.17, 15) is 4.79 Å². The van der Waals surface area contributed by atoms with Gasteiger partial charge < -0.3 is 20.1 Å². The van der Waals surface area contributed by atoms with E-state index < -0.39 is 0 Å². The summed E-state index contributed by atoms with van der Waals surface area (Å²) in [6.07, 6.45) is 10.1. The van der Waals surface area contributed by atoms with Crippen LogP contribution in [0, 0.1) is 0 Å². The van der Waals surface area contributed by atoms with Crippen molar-refractivity contribution in [2.45, 2.75) is 32.1 Å². The first-order valence-electron chi connectivity index (χ1n) is 9.61. The number of benzene rings is 1. The molecule has 6 nitrogen and oxygen atoms in total. The van der Waals surface area contributed by atoms with Gasteiger partial charge in [0.05, 0.1) is 26.1 Å². The van der Waals surface area contributed by atoms with Crippen molar-refractivity contribution in [2.75, 3.05) is 31.4 Å². The molecule has 6 heteroatoms. The maximum Gasteiger partial charge on any atom is 0.255 e. The number of hydrogen-bond donors (Lipinski definition) is 2. The van der Waals surface area contributed by atoms with Gasteiger partial charge >= 0.3 is 0 Å². The van der Waals surface area contributed by atoms with Gasteiger partial charge in [-0.05, 0) is 62.4 Å². The Kier molecular flexibility index (Phi) is 6.89. The molecule has 1 aliphatic carbocycles. The van der Waals surface area contributed by atoms with E-state index >= 15 is 0 Å². The van der Waals surface area contributed by atoms with Gasteiger partial charge in [0.1, 0.15) is 5.82 Å². The molecule has 1 aromatic carbocycles. The number of aromatic nitrogens is 1. The minimum atomic E-state index is -0.229. The lowest BCUT2D eigenvalue weighted by molar-refractivity contribution is 0.102. The molecule has 1 aromatic heterocycles. The van der Waals surface area contributed by atoms with E-state index in [1.807, 2.05) is 12.1 Å². The van der Waals surface area contributed by atoms with E-state index in [-0.39, 0.29) is 5.91 Å². The lowest BCUT2D eigenvalue weighted by Crippen LogP contribution is -2.12. The van der Waals surface area contributed by atoms with Gasteiger partial charge in [0.2, 0.25) is 0 Å². The Bertz CT molecular complexity index is 831. The van der Waals surface area contributed by atoms with Gasteiger partial charge in [-0.25, -0.2) is 4.98 Å². The number of pyridine rings is 1. The smallest absolute Gasteiger partial charge is 0.255 e. The monoisotopic (exact) mass is 381 g/mol. The maximum absolute atomic E-state index is 12.5. The molecule has 0 bridgehead atoms. The van der Waals surface area contributed by atoms with Gasteiger partial charge in [-0.1, -0.05) is 11.6 Å². The molecule has 0 fully saturated rings. The molecule has 28 heavy (non-hydrogen) atoms. The van der Waals surface area contributed by atoms with Crippen LogP contribution in [0.2, 0.25) is 0 Å². The highest BCUT2D eigenvalue weighted by Crippen LogP contribution is 2.28. The summed E-state index contributed by atoms with van der Waals surface area (Å²) in [7, 11) is 3.10. The van der Waals surface area contributed by atoms with Gasteiger partial charge in [-0.3, -0.25) is 4.79 Å². The number of amides is 1. The van der Waals surface area contributed by atoms with E-state index in [0.29, 0.717) is 22.7 Å². The molecule has 2 aromatic rings. The van der Waals surface area contributed by atoms with Crippen LogP contribution in [0.3, 0.4) is 0 Å². The Morgan fingerprint density at radius 3 is 2.64 bits per heavy atom. The van der Waals surface area contributed by atoms with Gasteiger partial charge in [0, 0.05) is 12.1 Å². The first kappa shape index (κ1) is 19.7. The molecule has 0 saturated heterocycles. The molecule has 0 unspecified atom stereocenters. The van der Waals surface area contributed by atoms with E-state index in [1.165, 1.54) is 31.3 Å². The van der Waals surface area contributed by atoms with Crippen LogP contribution in [0.25, 0.3) is 0 Å². The third-order valence-corrected chi connectivity index (χ3v) is 4.80. The highest BCUT2D eigenvalue weighted by atomic mass is 16.5. The Morgan fingerprint density at radius 2 is 1.96 bits per heavy atom. The predicted octanol–water partition coefficient (Wildman–Crippen LogP) is 4.65. The normalized spacial score (nSPS) is 13.4. The van der Waals surface area contributed by atoms with E-state index in [0.717, 1.165) is 18.8 Å². The van der Waals surface area contributed by atoms with Crippen LogP contribution in [0.1, 0.15) is 42.5 Å². The van der Waals surface area contributed by atoms with Crippen LogP contribution in [-0.2, 0) is 0 Å². The number of rotatable bonds is 8. The van der Waals surface area contributed by atoms with Crippen molar-refractivity contribution in [3.05, 3.63) is 53.7 Å². The Hall–Kier alpha value is -3.02. The molecule has 0 radical (unpaired) electrons. The molecule has 0 atom stereocenters. The fourth-order valence-electron chi connectivity index (χ4n) is 3.24. The molecule has 0 spiro atoms. The van der Waals surface area contributed by atoms with E-state index in [1.54, 1.807) is 38.6 Å². The zero-order valence-electron chi connectivity index (χ0n) is 16.5. The molecule has 3 rings (SSSR count). The minimum Gasteiger partial charge on any atom is -0.493 e. The van der Waals surface area contributed by atoms with Crippen molar-refractivity contribution in [2.24, 2.45) is 0 Å². The summed E-state index contributed by atoms with van der Waals surface area (Å²) < 4.78 is 10.4. The van der Waals surface area contributed by atoms with Gasteiger partial charge in [0.25, 0.3) is 5.91 Å². The average molecular weight is 381 g/mol. The van der Waals surface area contributed by atoms with Gasteiger partial charge in [-0.15, -0.1) is 0 Å². The fraction of sp³-hybridized carbons (Fsp3) is 0.364. The van der Waals surface area contributed by atoms with Gasteiger partial charge in [-0.2, -0.15) is 0 Å². The molecule has 1 aliphatic rings. The van der Waals surface area contributed by atoms with Crippen molar-refractivity contribution in [3.8, 4) is 11.5 Å². The highest BCUT2D eigenvalue weighted by Gasteiger charge is 2.11. The predicted molar refractivity (Wildman–Crippen MR) is 111 cm³/mol. The lowest BCUT2D eigenvalue weighted by atomic mass is 9.97. The zero-order valence-corrected chi connectivity index (χ0v) is 16.5. The summed E-state index contributed by atoms with van der Waals surface area (Å²) in [5.41, 5.74) is 2.67. The standard InChI is InChI=1S/C22H27N3O3/c1-27-19-10-8-17(14-20(19)28-2)22(26)25-18-9-11-21(24-15-18)23-13-12-16-6-4-3-5-7-16/h6,8-11,14-15H,3-5,7,12-13H2,1-2H3,(H,23,24)(H,25,26). The van der Waals surface area contributed by atoms with Crippen LogP contribution in [0.5, 0.6) is 11.5 Å². The van der Waals surface area contributed by atoms with E-state index in [2.05, 4.69) is 21.7 Å². The van der Waals surface area contributed by atoms with Crippen LogP contribution >= 0.6 is 0 Å². The molecular weight excluding hydrogens is 354 g/mol. The fourth-order valence-corrected chi connectivity index (χ4v) is 3.24. The topological polar surface area (TPSA) is 72.5 Å². The van der Waals surface area contributed by atoms with Crippen LogP contribution in [0.4, 0.5) is 11.5 Å². The number of hydrogen-bond acceptors (Lipinski definition) is 5. The summed E-state index contributed by atoms with van der Waals surface area (Å²) in [6.45, 7) is 0.871. The van der Waals surface area contributed by atoms with Crippen LogP contribution in [0.15, 0.2) is 48.2 Å². The summed E-state index contributed by atoms with van der Waals surface area (Å²) in [6, 6.07) is 8.77. The quantitative estimate of drug-likeness (QED) is 0.651. The summed E-state index contributed by atoms with van der Waals surface area (Å²) in [5.74, 6) is 1.68. The highest BCUT2D eigenvalue weighted by molar-refractivity contribution is 6.04. The van der Waals surface area contributed by atoms with Crippen molar-refractivity contribution >= 4 is 17.4 Å². The van der Waals surface area contributed by atoms with Crippen LogP contribution < -0.4 is 20.1 Å². The second kappa shape index (κ2) is 9.78. The molecule has 2 N–H and O–H groups in total. The number of carbonyl (C=O) groups excluding carboxylic acids is 1. The lowest BCUT2D eigenvalue weighted by Gasteiger charge is -2.13. The number of nitrogens with zero attached hydrogens (tertiary/aromatic N) is 1. The number of anilines is 2. The Labute approximate surface area is 166 Å². The zero-order chi connectivity index (χ0) is 19.8. The maximum atomic E-state index is 12.5. The molecule has 0 aliphatic heterocycles. The first-order valence-corrected chi connectivity index (χ1v) is 9.61. The third-order valence-electron chi connectivity index (χ3n) is 4.80. The van der Waals surface area contributed by atoms with Crippen molar-refractivity contribution in [3.63, 3.8) is 0 Å². The second-order valence-corrected chi connectivity index (χ2v) is 6.74. The van der Waals surface area contributed by atoms with Crippen molar-refractivity contribution in [1.29, 1.82) is 0 Å². The molecule has 148 valence electrons. The number of carbonyl (C=O) groups is 1. The van der Waals surface area contributed by atoms with Crippen LogP contribution in [-0.4, -0.2) is 31.7 Å². The Balaban J connectivity index is 1.53. The average Bonchev–Trinajstić information content (AvgIpc) is 2.75. The van der Waals surface area contributed by atoms with Crippen molar-refractivity contribution < 1.29 is 14.3 Å². The summed E-state index contributed by atoms with van der Waals surface area (Å²) in [4.78, 5) is 16.8. The number of allylic oxidation sites excluding steroid dienone is 1. The molecule has 1 amide bonds. The molecule has 1 heterocycles. The Morgan fingerprint density at radius 1 is 1.11 bits per heavy atom. The number of ether oxygens (including phenoxy) is 2. The largest absolute Gasteiger partial charge is 0.493 e. The SMILES string of the molecule is COc1ccc(C(=O)Nc2ccc(NCCC3=CCCCC3)nc2)cc1OC. The molecule has 0 saturated carbocycles. The third kappa shape index (κ3) is 5.25. The summed E-state index contributed by atoms with van der Waals surface area (Å²) >= 11 is 0. The van der Waals surface area contributed by atoms with E-state index in [4.69, 9.17) is 9.47 Å². The van der Waals surface area contributed by atoms with Gasteiger partial charge in [0.15, 0.2) is 11.5 Å². The minimum absolute atomic E-state index is 0.229.